The molecule has 0 saturated carbocycles. The van der Waals surface area contributed by atoms with E-state index in [1.165, 1.54) is 29.5 Å². The Morgan fingerprint density at radius 2 is 2.00 bits per heavy atom. The van der Waals surface area contributed by atoms with Crippen molar-refractivity contribution in [3.8, 4) is 5.75 Å². The minimum absolute atomic E-state index is 0.172. The van der Waals surface area contributed by atoms with Crippen LogP contribution in [0.25, 0.3) is 0 Å². The van der Waals surface area contributed by atoms with Gasteiger partial charge in [-0.3, -0.25) is 0 Å². The summed E-state index contributed by atoms with van der Waals surface area (Å²) in [4.78, 5) is 1.82. The number of halogens is 3. The fourth-order valence-electron chi connectivity index (χ4n) is 2.53. The standard InChI is InChI=1S/C14H15F3N4OS/c15-14(16,17)9-5-1-2-6-10(9)22-11-7-3-4-8-21(11)13-20-19-12(18)23-13/h1-2,5-6,11H,3-4,7-8H2,(H2,18,19). The summed E-state index contributed by atoms with van der Waals surface area (Å²) in [7, 11) is 0. The van der Waals surface area contributed by atoms with Gasteiger partial charge in [0, 0.05) is 13.0 Å². The van der Waals surface area contributed by atoms with E-state index in [1.807, 2.05) is 4.90 Å². The van der Waals surface area contributed by atoms with Crippen LogP contribution in [0, 0.1) is 0 Å². The van der Waals surface area contributed by atoms with Gasteiger partial charge < -0.3 is 15.4 Å². The first-order valence-corrected chi connectivity index (χ1v) is 7.95. The molecule has 9 heteroatoms. The summed E-state index contributed by atoms with van der Waals surface area (Å²) in [6, 6.07) is 5.23. The summed E-state index contributed by atoms with van der Waals surface area (Å²) in [5.41, 5.74) is 4.82. The monoisotopic (exact) mass is 344 g/mol. The van der Waals surface area contributed by atoms with E-state index in [-0.39, 0.29) is 5.75 Å². The van der Waals surface area contributed by atoms with Gasteiger partial charge in [-0.15, -0.1) is 10.2 Å². The van der Waals surface area contributed by atoms with E-state index < -0.39 is 18.0 Å². The van der Waals surface area contributed by atoms with Crippen LogP contribution in [0.5, 0.6) is 5.75 Å². The van der Waals surface area contributed by atoms with Crippen LogP contribution in [-0.2, 0) is 6.18 Å². The molecule has 0 amide bonds. The quantitative estimate of drug-likeness (QED) is 0.923. The first-order chi connectivity index (χ1) is 10.9. The summed E-state index contributed by atoms with van der Waals surface area (Å²) < 4.78 is 45.0. The molecule has 1 aromatic heterocycles. The number of anilines is 2. The molecule has 2 aromatic rings. The van der Waals surface area contributed by atoms with E-state index >= 15 is 0 Å². The molecule has 3 rings (SSSR count). The number of nitrogens with two attached hydrogens (primary N) is 1. The van der Waals surface area contributed by atoms with Crippen molar-refractivity contribution in [3.63, 3.8) is 0 Å². The van der Waals surface area contributed by atoms with Crippen molar-refractivity contribution in [1.82, 2.24) is 10.2 Å². The van der Waals surface area contributed by atoms with Gasteiger partial charge in [-0.25, -0.2) is 0 Å². The predicted molar refractivity (Wildman–Crippen MR) is 81.4 cm³/mol. The molecule has 1 atom stereocenters. The molecule has 1 aromatic carbocycles. The molecule has 0 aliphatic carbocycles. The topological polar surface area (TPSA) is 64.3 Å². The lowest BCUT2D eigenvalue weighted by Gasteiger charge is -2.35. The molecule has 0 radical (unpaired) electrons. The highest BCUT2D eigenvalue weighted by atomic mass is 32.1. The van der Waals surface area contributed by atoms with Crippen LogP contribution in [-0.4, -0.2) is 23.0 Å². The summed E-state index contributed by atoms with van der Waals surface area (Å²) in [5, 5.41) is 8.61. The second kappa shape index (κ2) is 6.23. The van der Waals surface area contributed by atoms with Crippen LogP contribution in [0.4, 0.5) is 23.4 Å². The minimum Gasteiger partial charge on any atom is -0.470 e. The Hall–Kier alpha value is -2.03. The first kappa shape index (κ1) is 15.9. The average Bonchev–Trinajstić information content (AvgIpc) is 2.94. The lowest BCUT2D eigenvalue weighted by atomic mass is 10.1. The van der Waals surface area contributed by atoms with E-state index in [4.69, 9.17) is 10.5 Å². The van der Waals surface area contributed by atoms with E-state index in [0.29, 0.717) is 23.2 Å². The molecule has 0 bridgehead atoms. The third-order valence-corrected chi connectivity index (χ3v) is 4.37. The largest absolute Gasteiger partial charge is 0.470 e. The van der Waals surface area contributed by atoms with Gasteiger partial charge in [0.1, 0.15) is 5.75 Å². The van der Waals surface area contributed by atoms with Crippen molar-refractivity contribution >= 4 is 21.6 Å². The van der Waals surface area contributed by atoms with Crippen molar-refractivity contribution in [1.29, 1.82) is 0 Å². The number of piperidine rings is 1. The normalized spacial score (nSPS) is 18.9. The lowest BCUT2D eigenvalue weighted by molar-refractivity contribution is -0.139. The van der Waals surface area contributed by atoms with E-state index in [9.17, 15) is 13.2 Å². The zero-order valence-electron chi connectivity index (χ0n) is 12.1. The third-order valence-electron chi connectivity index (χ3n) is 3.58. The molecule has 0 spiro atoms. The van der Waals surface area contributed by atoms with E-state index in [0.717, 1.165) is 18.9 Å². The van der Waals surface area contributed by atoms with Gasteiger partial charge in [-0.2, -0.15) is 13.2 Å². The Morgan fingerprint density at radius 3 is 2.70 bits per heavy atom. The zero-order chi connectivity index (χ0) is 16.4. The van der Waals surface area contributed by atoms with Crippen LogP contribution >= 0.6 is 11.3 Å². The fraction of sp³-hybridized carbons (Fsp3) is 0.429. The maximum Gasteiger partial charge on any atom is 0.419 e. The molecule has 124 valence electrons. The maximum atomic E-state index is 13.1. The van der Waals surface area contributed by atoms with Crippen LogP contribution in [0.2, 0.25) is 0 Å². The molecule has 23 heavy (non-hydrogen) atoms. The number of nitrogens with zero attached hydrogens (tertiary/aromatic N) is 3. The van der Waals surface area contributed by atoms with Crippen molar-refractivity contribution in [2.45, 2.75) is 31.7 Å². The number of nitrogen functional groups attached to an aromatic ring is 1. The Balaban J connectivity index is 1.86. The number of alkyl halides is 3. The van der Waals surface area contributed by atoms with E-state index in [2.05, 4.69) is 10.2 Å². The van der Waals surface area contributed by atoms with Gasteiger partial charge in [0.05, 0.1) is 5.56 Å². The van der Waals surface area contributed by atoms with Crippen molar-refractivity contribution < 1.29 is 17.9 Å². The van der Waals surface area contributed by atoms with Gasteiger partial charge >= 0.3 is 6.18 Å². The van der Waals surface area contributed by atoms with Crippen molar-refractivity contribution in [3.05, 3.63) is 29.8 Å². The molecule has 1 aliphatic rings. The second-order valence-corrected chi connectivity index (χ2v) is 6.17. The lowest BCUT2D eigenvalue weighted by Crippen LogP contribution is -2.43. The molecule has 2 heterocycles. The molecular weight excluding hydrogens is 329 g/mol. The van der Waals surface area contributed by atoms with Crippen LogP contribution in [0.3, 0.4) is 0 Å². The Kier molecular flexibility index (Phi) is 4.29. The highest BCUT2D eigenvalue weighted by Gasteiger charge is 2.36. The molecule has 1 fully saturated rings. The fourth-order valence-corrected chi connectivity index (χ4v) is 3.21. The molecule has 2 N–H and O–H groups in total. The van der Waals surface area contributed by atoms with Crippen molar-refractivity contribution in [2.24, 2.45) is 0 Å². The van der Waals surface area contributed by atoms with Gasteiger partial charge in [-0.05, 0) is 25.0 Å². The molecule has 1 saturated heterocycles. The van der Waals surface area contributed by atoms with E-state index in [1.54, 1.807) is 0 Å². The van der Waals surface area contributed by atoms with Gasteiger partial charge in [0.2, 0.25) is 10.3 Å². The zero-order valence-corrected chi connectivity index (χ0v) is 12.9. The summed E-state index contributed by atoms with van der Waals surface area (Å²) in [5.74, 6) is -0.172. The number of aromatic nitrogens is 2. The maximum absolute atomic E-state index is 13.1. The molecule has 1 unspecified atom stereocenters. The molecular formula is C14H15F3N4OS. The van der Waals surface area contributed by atoms with Crippen molar-refractivity contribution in [2.75, 3.05) is 17.2 Å². The molecule has 1 aliphatic heterocycles. The Morgan fingerprint density at radius 1 is 1.22 bits per heavy atom. The Labute approximate surface area is 134 Å². The van der Waals surface area contributed by atoms with Crippen LogP contribution < -0.4 is 15.4 Å². The number of para-hydroxylation sites is 1. The smallest absolute Gasteiger partial charge is 0.419 e. The van der Waals surface area contributed by atoms with Gasteiger partial charge in [0.15, 0.2) is 6.23 Å². The number of benzene rings is 1. The van der Waals surface area contributed by atoms with Crippen LogP contribution in [0.15, 0.2) is 24.3 Å². The Bertz CT molecular complexity index is 676. The predicted octanol–water partition coefficient (Wildman–Crippen LogP) is 3.53. The summed E-state index contributed by atoms with van der Waals surface area (Å²) in [6.07, 6.45) is -2.56. The molecule has 5 nitrogen and oxygen atoms in total. The summed E-state index contributed by atoms with van der Waals surface area (Å²) >= 11 is 1.20. The third kappa shape index (κ3) is 3.49. The van der Waals surface area contributed by atoms with Gasteiger partial charge in [-0.1, -0.05) is 23.5 Å². The number of hydrogen-bond donors (Lipinski definition) is 1. The first-order valence-electron chi connectivity index (χ1n) is 7.13. The second-order valence-electron chi connectivity index (χ2n) is 5.18. The highest BCUT2D eigenvalue weighted by molar-refractivity contribution is 7.18. The van der Waals surface area contributed by atoms with Crippen LogP contribution in [0.1, 0.15) is 24.8 Å². The van der Waals surface area contributed by atoms with Gasteiger partial charge in [0.25, 0.3) is 0 Å². The number of hydrogen-bond acceptors (Lipinski definition) is 6. The average molecular weight is 344 g/mol. The number of rotatable bonds is 3. The SMILES string of the molecule is Nc1nnc(N2CCCCC2Oc2ccccc2C(F)(F)F)s1. The minimum atomic E-state index is -4.46. The number of ether oxygens (including phenoxy) is 1. The highest BCUT2D eigenvalue weighted by Crippen LogP contribution is 2.38. The summed E-state index contributed by atoms with van der Waals surface area (Å²) in [6.45, 7) is 0.646.